The summed E-state index contributed by atoms with van der Waals surface area (Å²) in [5.74, 6) is -0.559. The van der Waals surface area contributed by atoms with E-state index in [2.05, 4.69) is 11.9 Å². The van der Waals surface area contributed by atoms with Crippen LogP contribution in [-0.2, 0) is 9.59 Å². The summed E-state index contributed by atoms with van der Waals surface area (Å²) in [4.78, 5) is 25.7. The van der Waals surface area contributed by atoms with Crippen LogP contribution >= 0.6 is 12.2 Å². The zero-order valence-electron chi connectivity index (χ0n) is 11.5. The Morgan fingerprint density at radius 2 is 2.09 bits per heavy atom. The molecule has 110 valence electrons. The Bertz CT molecular complexity index is 802. The summed E-state index contributed by atoms with van der Waals surface area (Å²) in [6.45, 7) is 3.81. The fourth-order valence-electron chi connectivity index (χ4n) is 2.20. The van der Waals surface area contributed by atoms with Gasteiger partial charge in [-0.3, -0.25) is 19.8 Å². The zero-order chi connectivity index (χ0) is 15.7. The molecule has 1 saturated heterocycles. The lowest BCUT2D eigenvalue weighted by Gasteiger charge is -2.27. The number of hydrogen-bond acceptors (Lipinski definition) is 4. The molecule has 2 amide bonds. The second-order valence-electron chi connectivity index (χ2n) is 4.71. The van der Waals surface area contributed by atoms with Crippen LogP contribution in [0.4, 0.5) is 0 Å². The molecule has 1 N–H and O–H groups in total. The van der Waals surface area contributed by atoms with Crippen molar-refractivity contribution in [2.75, 3.05) is 6.54 Å². The van der Waals surface area contributed by atoms with E-state index in [0.29, 0.717) is 11.3 Å². The normalized spacial score (nSPS) is 17.2. The van der Waals surface area contributed by atoms with Gasteiger partial charge in [-0.05, 0) is 30.4 Å². The highest BCUT2D eigenvalue weighted by atomic mass is 32.1. The first-order valence-electron chi connectivity index (χ1n) is 6.58. The molecule has 0 spiro atoms. The maximum atomic E-state index is 12.4. The molecule has 1 aliphatic rings. The molecule has 2 aromatic rings. The highest BCUT2D eigenvalue weighted by Crippen LogP contribution is 2.22. The van der Waals surface area contributed by atoms with Crippen molar-refractivity contribution in [1.29, 1.82) is 0 Å². The molecule has 22 heavy (non-hydrogen) atoms. The average Bonchev–Trinajstić information content (AvgIpc) is 2.90. The van der Waals surface area contributed by atoms with Crippen LogP contribution in [0.3, 0.4) is 0 Å². The molecule has 1 aromatic heterocycles. The maximum Gasteiger partial charge on any atom is 0.266 e. The number of para-hydroxylation sites is 1. The molecule has 2 heterocycles. The van der Waals surface area contributed by atoms with E-state index in [9.17, 15) is 9.59 Å². The fraction of sp³-hybridized carbons (Fsp3) is 0.0625. The van der Waals surface area contributed by atoms with Gasteiger partial charge in [0.1, 0.15) is 16.9 Å². The summed E-state index contributed by atoms with van der Waals surface area (Å²) < 4.78 is 5.61. The number of benzene rings is 1. The molecular weight excluding hydrogens is 300 g/mol. The minimum Gasteiger partial charge on any atom is -0.457 e. The van der Waals surface area contributed by atoms with E-state index in [1.807, 2.05) is 24.3 Å². The number of fused-ring (bicyclic) bond motifs is 1. The van der Waals surface area contributed by atoms with Crippen molar-refractivity contribution >= 4 is 46.2 Å². The Kier molecular flexibility index (Phi) is 3.60. The van der Waals surface area contributed by atoms with Crippen molar-refractivity contribution in [3.05, 3.63) is 54.3 Å². The molecule has 1 fully saturated rings. The minimum absolute atomic E-state index is 0.0190. The van der Waals surface area contributed by atoms with Gasteiger partial charge in [0.2, 0.25) is 0 Å². The predicted molar refractivity (Wildman–Crippen MR) is 86.8 cm³/mol. The van der Waals surface area contributed by atoms with Gasteiger partial charge >= 0.3 is 0 Å². The Balaban J connectivity index is 2.00. The number of nitrogens with one attached hydrogen (secondary N) is 1. The summed E-state index contributed by atoms with van der Waals surface area (Å²) in [7, 11) is 0. The van der Waals surface area contributed by atoms with Crippen LogP contribution in [0.5, 0.6) is 0 Å². The first kappa shape index (κ1) is 14.2. The van der Waals surface area contributed by atoms with Crippen molar-refractivity contribution in [1.82, 2.24) is 10.2 Å². The number of carbonyl (C=O) groups is 2. The average molecular weight is 312 g/mol. The van der Waals surface area contributed by atoms with E-state index in [4.69, 9.17) is 16.6 Å². The molecule has 0 saturated carbocycles. The molecular formula is C16H12N2O3S. The van der Waals surface area contributed by atoms with Crippen LogP contribution < -0.4 is 5.32 Å². The van der Waals surface area contributed by atoms with Crippen LogP contribution in [0.15, 0.2) is 53.0 Å². The first-order chi connectivity index (χ1) is 10.6. The van der Waals surface area contributed by atoms with Crippen molar-refractivity contribution in [2.45, 2.75) is 0 Å². The van der Waals surface area contributed by atoms with E-state index in [1.165, 1.54) is 11.0 Å². The van der Waals surface area contributed by atoms with E-state index < -0.39 is 11.8 Å². The number of rotatable bonds is 3. The first-order valence-corrected chi connectivity index (χ1v) is 6.99. The van der Waals surface area contributed by atoms with Gasteiger partial charge in [0.15, 0.2) is 5.11 Å². The predicted octanol–water partition coefficient (Wildman–Crippen LogP) is 2.25. The number of nitrogens with zero attached hydrogens (tertiary/aromatic N) is 1. The van der Waals surface area contributed by atoms with Crippen molar-refractivity contribution < 1.29 is 14.0 Å². The third-order valence-corrected chi connectivity index (χ3v) is 3.55. The molecule has 5 nitrogen and oxygen atoms in total. The number of hydrogen-bond donors (Lipinski definition) is 1. The minimum atomic E-state index is -0.532. The van der Waals surface area contributed by atoms with Crippen LogP contribution in [0.1, 0.15) is 5.76 Å². The Morgan fingerprint density at radius 1 is 1.32 bits per heavy atom. The maximum absolute atomic E-state index is 12.4. The molecule has 1 aromatic carbocycles. The van der Waals surface area contributed by atoms with Crippen LogP contribution in [0.25, 0.3) is 17.0 Å². The van der Waals surface area contributed by atoms with Gasteiger partial charge in [0.25, 0.3) is 11.8 Å². The summed E-state index contributed by atoms with van der Waals surface area (Å²) >= 11 is 4.99. The highest BCUT2D eigenvalue weighted by molar-refractivity contribution is 7.80. The van der Waals surface area contributed by atoms with Gasteiger partial charge in [-0.1, -0.05) is 24.3 Å². The molecule has 1 aliphatic heterocycles. The van der Waals surface area contributed by atoms with Gasteiger partial charge < -0.3 is 4.42 Å². The van der Waals surface area contributed by atoms with E-state index in [0.717, 1.165) is 5.39 Å². The summed E-state index contributed by atoms with van der Waals surface area (Å²) in [5, 5.41) is 3.47. The zero-order valence-corrected chi connectivity index (χ0v) is 12.4. The SMILES string of the molecule is C=CCN1C(=O)C(=Cc2cc3ccccc3o2)C(=O)NC1=S. The largest absolute Gasteiger partial charge is 0.457 e. The number of amides is 2. The highest BCUT2D eigenvalue weighted by Gasteiger charge is 2.32. The van der Waals surface area contributed by atoms with Crippen molar-refractivity contribution in [3.8, 4) is 0 Å². The summed E-state index contributed by atoms with van der Waals surface area (Å²) in [5.41, 5.74) is 0.672. The standard InChI is InChI=1S/C16H12N2O3S/c1-2-7-18-15(20)12(14(19)17-16(18)22)9-11-8-10-5-3-4-6-13(10)21-11/h2-6,8-9H,1,7H2,(H,17,19,22). The third kappa shape index (κ3) is 2.44. The quantitative estimate of drug-likeness (QED) is 0.409. The van der Waals surface area contributed by atoms with Crippen molar-refractivity contribution in [2.24, 2.45) is 0 Å². The van der Waals surface area contributed by atoms with Gasteiger partial charge in [0.05, 0.1) is 0 Å². The van der Waals surface area contributed by atoms with E-state index in [-0.39, 0.29) is 17.2 Å². The number of carbonyl (C=O) groups excluding carboxylic acids is 2. The van der Waals surface area contributed by atoms with Crippen molar-refractivity contribution in [3.63, 3.8) is 0 Å². The molecule has 0 radical (unpaired) electrons. The molecule has 6 heteroatoms. The Labute approximate surface area is 131 Å². The van der Waals surface area contributed by atoms with Crippen LogP contribution in [0.2, 0.25) is 0 Å². The molecule has 0 aliphatic carbocycles. The summed E-state index contributed by atoms with van der Waals surface area (Å²) in [6, 6.07) is 9.22. The lowest BCUT2D eigenvalue weighted by Crippen LogP contribution is -2.53. The summed E-state index contributed by atoms with van der Waals surface area (Å²) in [6.07, 6.45) is 2.97. The van der Waals surface area contributed by atoms with Gasteiger partial charge in [0, 0.05) is 11.9 Å². The molecule has 0 unspecified atom stereocenters. The number of furan rings is 1. The van der Waals surface area contributed by atoms with Crippen LogP contribution in [-0.4, -0.2) is 28.4 Å². The molecule has 3 rings (SSSR count). The second kappa shape index (κ2) is 5.57. The van der Waals surface area contributed by atoms with Gasteiger partial charge in [-0.15, -0.1) is 6.58 Å². The Morgan fingerprint density at radius 3 is 2.82 bits per heavy atom. The fourth-order valence-corrected chi connectivity index (χ4v) is 2.45. The van der Waals surface area contributed by atoms with E-state index in [1.54, 1.807) is 12.1 Å². The topological polar surface area (TPSA) is 62.6 Å². The lowest BCUT2D eigenvalue weighted by molar-refractivity contribution is -0.128. The van der Waals surface area contributed by atoms with Gasteiger partial charge in [-0.25, -0.2) is 0 Å². The van der Waals surface area contributed by atoms with Gasteiger partial charge in [-0.2, -0.15) is 0 Å². The number of thiocarbonyl (C=S) groups is 1. The Hall–Kier alpha value is -2.73. The lowest BCUT2D eigenvalue weighted by atomic mass is 10.1. The molecule has 0 atom stereocenters. The smallest absolute Gasteiger partial charge is 0.266 e. The second-order valence-corrected chi connectivity index (χ2v) is 5.10. The van der Waals surface area contributed by atoms with E-state index >= 15 is 0 Å². The van der Waals surface area contributed by atoms with Crippen LogP contribution in [0, 0.1) is 0 Å². The third-order valence-electron chi connectivity index (χ3n) is 3.23. The monoisotopic (exact) mass is 312 g/mol. The molecule has 0 bridgehead atoms.